The zero-order valence-electron chi connectivity index (χ0n) is 16.9. The fourth-order valence-electron chi connectivity index (χ4n) is 3.00. The average Bonchev–Trinajstić information content (AvgIpc) is 2.77. The first-order valence-corrected chi connectivity index (χ1v) is 9.67. The lowest BCUT2D eigenvalue weighted by atomic mass is 10.2. The first-order chi connectivity index (χ1) is 14.8. The summed E-state index contributed by atoms with van der Waals surface area (Å²) in [4.78, 5) is 32.6. The number of nitrogens with one attached hydrogen (secondary N) is 3. The Morgan fingerprint density at radius 1 is 1.03 bits per heavy atom. The molecule has 0 aliphatic carbocycles. The number of likely N-dealkylation sites (N-methyl/N-ethyl adjacent to an activating group) is 1. The van der Waals surface area contributed by atoms with Crippen LogP contribution in [0.15, 0.2) is 30.5 Å². The number of benzene rings is 1. The Hall–Kier alpha value is -3.34. The first kappa shape index (κ1) is 22.3. The largest absolute Gasteiger partial charge is 0.354 e. The van der Waals surface area contributed by atoms with Gasteiger partial charge < -0.3 is 25.8 Å². The molecule has 166 valence electrons. The highest BCUT2D eigenvalue weighted by atomic mass is 19.2. The molecule has 0 atom stereocenters. The van der Waals surface area contributed by atoms with E-state index in [9.17, 15) is 22.8 Å². The van der Waals surface area contributed by atoms with E-state index in [2.05, 4.69) is 37.8 Å². The van der Waals surface area contributed by atoms with Crippen LogP contribution in [0.5, 0.6) is 0 Å². The summed E-state index contributed by atoms with van der Waals surface area (Å²) < 4.78 is 39.7. The van der Waals surface area contributed by atoms with Crippen molar-refractivity contribution in [3.63, 3.8) is 0 Å². The van der Waals surface area contributed by atoms with Crippen molar-refractivity contribution in [2.75, 3.05) is 50.0 Å². The third-order valence-corrected chi connectivity index (χ3v) is 4.81. The van der Waals surface area contributed by atoms with Crippen LogP contribution in [-0.2, 0) is 11.3 Å². The van der Waals surface area contributed by atoms with Crippen LogP contribution < -0.4 is 20.9 Å². The van der Waals surface area contributed by atoms with Crippen molar-refractivity contribution in [3.8, 4) is 0 Å². The number of carbonyl (C=O) groups excluding carboxylic acids is 2. The molecule has 31 heavy (non-hydrogen) atoms. The van der Waals surface area contributed by atoms with Crippen LogP contribution >= 0.6 is 0 Å². The smallest absolute Gasteiger partial charge is 0.315 e. The van der Waals surface area contributed by atoms with Crippen molar-refractivity contribution in [2.24, 2.45) is 0 Å². The molecule has 1 fully saturated rings. The lowest BCUT2D eigenvalue weighted by Gasteiger charge is -2.33. The fourth-order valence-corrected chi connectivity index (χ4v) is 3.00. The molecule has 0 saturated carbocycles. The molecule has 8 nitrogen and oxygen atoms in total. The molecular weight excluding hydrogens is 413 g/mol. The van der Waals surface area contributed by atoms with E-state index in [4.69, 9.17) is 0 Å². The topological polar surface area (TPSA) is 89.6 Å². The zero-order chi connectivity index (χ0) is 22.4. The van der Waals surface area contributed by atoms with E-state index in [0.717, 1.165) is 43.6 Å². The average molecular weight is 436 g/mol. The number of hydrogen-bond acceptors (Lipinski definition) is 5. The fraction of sp³-hybridized carbons (Fsp3) is 0.350. The summed E-state index contributed by atoms with van der Waals surface area (Å²) in [5.41, 5.74) is 0.326. The highest BCUT2D eigenvalue weighted by molar-refractivity contribution is 5.94. The molecule has 3 amide bonds. The number of piperazine rings is 1. The molecule has 1 aromatic carbocycles. The van der Waals surface area contributed by atoms with E-state index in [1.165, 1.54) is 0 Å². The lowest BCUT2D eigenvalue weighted by molar-refractivity contribution is -0.115. The highest BCUT2D eigenvalue weighted by Crippen LogP contribution is 2.19. The molecule has 1 aromatic heterocycles. The van der Waals surface area contributed by atoms with E-state index in [1.807, 2.05) is 6.07 Å². The minimum absolute atomic E-state index is 0.217. The van der Waals surface area contributed by atoms with Crippen LogP contribution in [0, 0.1) is 17.5 Å². The van der Waals surface area contributed by atoms with Crippen LogP contribution in [0.25, 0.3) is 0 Å². The number of carbonyl (C=O) groups is 2. The minimum atomic E-state index is -1.68. The second kappa shape index (κ2) is 10.1. The number of nitrogens with zero attached hydrogens (tertiary/aromatic N) is 3. The Balaban J connectivity index is 1.45. The summed E-state index contributed by atoms with van der Waals surface area (Å²) in [5.74, 6) is -4.51. The summed E-state index contributed by atoms with van der Waals surface area (Å²) in [7, 11) is 2.07. The number of rotatable bonds is 6. The van der Waals surface area contributed by atoms with Crippen molar-refractivity contribution in [1.29, 1.82) is 0 Å². The standard InChI is InChI=1S/C20H23F3N6O2/c1-28-6-8-29(9-7-28)16-10-13(4-5-24-16)11-25-20(31)26-12-17(30)27-15-3-2-14(21)18(22)19(15)23/h2-5,10H,6-9,11-12H2,1H3,(H,27,30)(H2,25,26,31). The third-order valence-electron chi connectivity index (χ3n) is 4.81. The quantitative estimate of drug-likeness (QED) is 0.600. The van der Waals surface area contributed by atoms with E-state index >= 15 is 0 Å². The van der Waals surface area contributed by atoms with Crippen LogP contribution in [0.4, 0.5) is 29.5 Å². The van der Waals surface area contributed by atoms with Crippen molar-refractivity contribution in [3.05, 3.63) is 53.5 Å². The van der Waals surface area contributed by atoms with Gasteiger partial charge in [-0.05, 0) is 36.9 Å². The SMILES string of the molecule is CN1CCN(c2cc(CNC(=O)NCC(=O)Nc3ccc(F)c(F)c3F)ccn2)CC1. The Kier molecular flexibility index (Phi) is 7.29. The van der Waals surface area contributed by atoms with Crippen molar-refractivity contribution >= 4 is 23.4 Å². The van der Waals surface area contributed by atoms with Gasteiger partial charge in [0.25, 0.3) is 0 Å². The molecule has 2 heterocycles. The van der Waals surface area contributed by atoms with E-state index in [-0.39, 0.29) is 6.54 Å². The zero-order valence-corrected chi connectivity index (χ0v) is 16.9. The van der Waals surface area contributed by atoms with E-state index in [1.54, 1.807) is 12.3 Å². The van der Waals surface area contributed by atoms with Gasteiger partial charge in [-0.1, -0.05) is 0 Å². The summed E-state index contributed by atoms with van der Waals surface area (Å²) in [6.45, 7) is 3.37. The number of urea groups is 1. The normalized spacial score (nSPS) is 14.3. The molecule has 0 radical (unpaired) electrons. The van der Waals surface area contributed by atoms with E-state index in [0.29, 0.717) is 6.07 Å². The second-order valence-electron chi connectivity index (χ2n) is 7.12. The summed E-state index contributed by atoms with van der Waals surface area (Å²) >= 11 is 0. The van der Waals surface area contributed by atoms with Crippen molar-refractivity contribution in [2.45, 2.75) is 6.54 Å². The molecule has 0 bridgehead atoms. The molecule has 1 aliphatic heterocycles. The number of amides is 3. The van der Waals surface area contributed by atoms with Crippen LogP contribution in [0.1, 0.15) is 5.56 Å². The Labute approximate surface area is 177 Å². The number of anilines is 2. The molecule has 11 heteroatoms. The van der Waals surface area contributed by atoms with Gasteiger partial charge in [0.1, 0.15) is 5.82 Å². The number of hydrogen-bond donors (Lipinski definition) is 3. The Bertz CT molecular complexity index is 951. The maximum Gasteiger partial charge on any atom is 0.315 e. The first-order valence-electron chi connectivity index (χ1n) is 9.67. The molecule has 1 saturated heterocycles. The van der Waals surface area contributed by atoms with Gasteiger partial charge in [-0.15, -0.1) is 0 Å². The summed E-state index contributed by atoms with van der Waals surface area (Å²) in [5, 5.41) is 7.01. The molecule has 0 unspecified atom stereocenters. The van der Waals surface area contributed by atoms with Crippen LogP contribution in [-0.4, -0.2) is 61.6 Å². The lowest BCUT2D eigenvalue weighted by Crippen LogP contribution is -2.44. The molecule has 3 rings (SSSR count). The predicted octanol–water partition coefficient (Wildman–Crippen LogP) is 1.69. The Morgan fingerprint density at radius 2 is 1.77 bits per heavy atom. The van der Waals surface area contributed by atoms with Gasteiger partial charge in [-0.3, -0.25) is 4.79 Å². The number of halogens is 3. The number of pyridine rings is 1. The molecular formula is C20H23F3N6O2. The van der Waals surface area contributed by atoms with Gasteiger partial charge in [-0.25, -0.2) is 22.9 Å². The minimum Gasteiger partial charge on any atom is -0.354 e. The van der Waals surface area contributed by atoms with E-state index < -0.39 is 41.6 Å². The van der Waals surface area contributed by atoms with Gasteiger partial charge in [0.15, 0.2) is 17.5 Å². The molecule has 2 aromatic rings. The Morgan fingerprint density at radius 3 is 2.52 bits per heavy atom. The van der Waals surface area contributed by atoms with Gasteiger partial charge in [0, 0.05) is 38.9 Å². The maximum absolute atomic E-state index is 13.6. The van der Waals surface area contributed by atoms with Crippen molar-refractivity contribution in [1.82, 2.24) is 20.5 Å². The van der Waals surface area contributed by atoms with Crippen LogP contribution in [0.2, 0.25) is 0 Å². The maximum atomic E-state index is 13.6. The molecule has 0 spiro atoms. The highest BCUT2D eigenvalue weighted by Gasteiger charge is 2.17. The second-order valence-corrected chi connectivity index (χ2v) is 7.12. The number of aromatic nitrogens is 1. The van der Waals surface area contributed by atoms with Gasteiger partial charge in [0.2, 0.25) is 5.91 Å². The predicted molar refractivity (Wildman–Crippen MR) is 109 cm³/mol. The van der Waals surface area contributed by atoms with Crippen LogP contribution in [0.3, 0.4) is 0 Å². The van der Waals surface area contributed by atoms with Gasteiger partial charge in [-0.2, -0.15) is 0 Å². The monoisotopic (exact) mass is 436 g/mol. The molecule has 3 N–H and O–H groups in total. The molecule has 1 aliphatic rings. The van der Waals surface area contributed by atoms with Crippen molar-refractivity contribution < 1.29 is 22.8 Å². The van der Waals surface area contributed by atoms with Gasteiger partial charge in [0.05, 0.1) is 12.2 Å². The third kappa shape index (κ3) is 6.07. The summed E-state index contributed by atoms with van der Waals surface area (Å²) in [6, 6.07) is 4.65. The van der Waals surface area contributed by atoms with Gasteiger partial charge >= 0.3 is 6.03 Å². The summed E-state index contributed by atoms with van der Waals surface area (Å²) in [6.07, 6.45) is 1.67.